The van der Waals surface area contributed by atoms with Crippen LogP contribution in [0.5, 0.6) is 0 Å². The van der Waals surface area contributed by atoms with Gasteiger partial charge in [0.1, 0.15) is 5.69 Å². The van der Waals surface area contributed by atoms with Crippen LogP contribution in [0.2, 0.25) is 18.1 Å². The van der Waals surface area contributed by atoms with Gasteiger partial charge in [-0.15, -0.1) is 0 Å². The van der Waals surface area contributed by atoms with E-state index in [1.807, 2.05) is 35.2 Å². The van der Waals surface area contributed by atoms with Crippen LogP contribution in [0.25, 0.3) is 0 Å². The summed E-state index contributed by atoms with van der Waals surface area (Å²) in [6, 6.07) is 10.2. The lowest BCUT2D eigenvalue weighted by atomic mass is 10.1. The lowest BCUT2D eigenvalue weighted by molar-refractivity contribution is 0.0642. The molecule has 2 aromatic rings. The third-order valence-electron chi connectivity index (χ3n) is 7.19. The normalized spacial score (nSPS) is 21.8. The Bertz CT molecular complexity index is 1050. The predicted octanol–water partition coefficient (Wildman–Crippen LogP) is 3.19. The van der Waals surface area contributed by atoms with Gasteiger partial charge in [-0.3, -0.25) is 13.9 Å². The average Bonchev–Trinajstić information content (AvgIpc) is 2.89. The van der Waals surface area contributed by atoms with Crippen molar-refractivity contribution in [3.63, 3.8) is 0 Å². The Morgan fingerprint density at radius 1 is 1.06 bits per heavy atom. The zero-order chi connectivity index (χ0) is 23.3. The van der Waals surface area contributed by atoms with Crippen molar-refractivity contribution in [2.24, 2.45) is 0 Å². The van der Waals surface area contributed by atoms with Gasteiger partial charge in [0, 0.05) is 32.2 Å². The fourth-order valence-corrected chi connectivity index (χ4v) is 5.71. The van der Waals surface area contributed by atoms with Gasteiger partial charge in [0.25, 0.3) is 5.91 Å². The standard InChI is InChI=1S/C24H36N4O3Si/c1-17-13-27-20(12-25-17)21-22(29)26(14-18-10-8-7-9-11-18)15-19(16-28(21)23(27)30)31-32(5,6)24(2,3)4/h7-11,17,19,25H,12-16H2,1-6H3. The molecule has 2 atom stereocenters. The lowest BCUT2D eigenvalue weighted by Crippen LogP contribution is -2.48. The number of benzene rings is 1. The largest absolute Gasteiger partial charge is 0.410 e. The predicted molar refractivity (Wildman–Crippen MR) is 128 cm³/mol. The molecule has 174 valence electrons. The summed E-state index contributed by atoms with van der Waals surface area (Å²) in [7, 11) is -2.09. The molecule has 2 aliphatic rings. The second kappa shape index (κ2) is 8.32. The molecule has 0 saturated heterocycles. The molecule has 2 unspecified atom stereocenters. The summed E-state index contributed by atoms with van der Waals surface area (Å²) in [5.41, 5.74) is 2.29. The molecule has 0 radical (unpaired) electrons. The minimum Gasteiger partial charge on any atom is -0.410 e. The molecule has 0 fully saturated rings. The summed E-state index contributed by atoms with van der Waals surface area (Å²) in [5.74, 6) is -0.0858. The molecular weight excluding hydrogens is 420 g/mol. The van der Waals surface area contributed by atoms with Crippen molar-refractivity contribution in [3.05, 3.63) is 57.8 Å². The zero-order valence-electron chi connectivity index (χ0n) is 20.1. The van der Waals surface area contributed by atoms with E-state index in [1.54, 1.807) is 9.13 Å². The maximum Gasteiger partial charge on any atom is 0.329 e. The molecule has 2 aliphatic heterocycles. The van der Waals surface area contributed by atoms with Crippen LogP contribution >= 0.6 is 0 Å². The quantitative estimate of drug-likeness (QED) is 0.718. The molecule has 32 heavy (non-hydrogen) atoms. The number of nitrogens with zero attached hydrogens (tertiary/aromatic N) is 3. The highest BCUT2D eigenvalue weighted by atomic mass is 28.4. The van der Waals surface area contributed by atoms with Crippen molar-refractivity contribution in [1.29, 1.82) is 0 Å². The van der Waals surface area contributed by atoms with Crippen molar-refractivity contribution < 1.29 is 9.22 Å². The molecule has 8 heteroatoms. The number of amides is 1. The molecular formula is C24H36N4O3Si. The van der Waals surface area contributed by atoms with Gasteiger partial charge in [0.2, 0.25) is 0 Å². The first-order chi connectivity index (χ1) is 15.0. The first-order valence-electron chi connectivity index (χ1n) is 11.5. The minimum absolute atomic E-state index is 0.0424. The highest BCUT2D eigenvalue weighted by Crippen LogP contribution is 2.38. The number of imidazole rings is 1. The van der Waals surface area contributed by atoms with Gasteiger partial charge in [-0.1, -0.05) is 51.1 Å². The second-order valence-electron chi connectivity index (χ2n) is 10.8. The molecule has 0 aliphatic carbocycles. The van der Waals surface area contributed by atoms with Crippen LogP contribution in [-0.4, -0.2) is 46.9 Å². The number of nitrogens with one attached hydrogen (secondary N) is 1. The Balaban J connectivity index is 1.76. The molecule has 1 N–H and O–H groups in total. The van der Waals surface area contributed by atoms with Crippen LogP contribution in [0.4, 0.5) is 0 Å². The van der Waals surface area contributed by atoms with Crippen molar-refractivity contribution in [1.82, 2.24) is 19.4 Å². The Labute approximate surface area is 191 Å². The van der Waals surface area contributed by atoms with E-state index in [0.717, 1.165) is 11.3 Å². The van der Waals surface area contributed by atoms with Crippen molar-refractivity contribution in [2.45, 2.75) is 84.2 Å². The molecule has 0 bridgehead atoms. The lowest BCUT2D eigenvalue weighted by Gasteiger charge is -2.39. The van der Waals surface area contributed by atoms with E-state index in [2.05, 4.69) is 46.1 Å². The van der Waals surface area contributed by atoms with E-state index in [4.69, 9.17) is 4.43 Å². The van der Waals surface area contributed by atoms with Gasteiger partial charge in [-0.25, -0.2) is 4.79 Å². The van der Waals surface area contributed by atoms with Crippen LogP contribution in [0.15, 0.2) is 35.1 Å². The van der Waals surface area contributed by atoms with Crippen molar-refractivity contribution in [2.75, 3.05) is 6.54 Å². The van der Waals surface area contributed by atoms with Gasteiger partial charge >= 0.3 is 5.69 Å². The van der Waals surface area contributed by atoms with Crippen LogP contribution in [0.3, 0.4) is 0 Å². The monoisotopic (exact) mass is 456 g/mol. The summed E-state index contributed by atoms with van der Waals surface area (Å²) in [6.45, 7) is 15.6. The minimum atomic E-state index is -2.09. The Morgan fingerprint density at radius 3 is 2.41 bits per heavy atom. The summed E-state index contributed by atoms with van der Waals surface area (Å²) < 4.78 is 10.2. The average molecular weight is 457 g/mol. The number of hydrogen-bond acceptors (Lipinski definition) is 4. The van der Waals surface area contributed by atoms with Gasteiger partial charge in [0.15, 0.2) is 8.32 Å². The third kappa shape index (κ3) is 4.23. The van der Waals surface area contributed by atoms with Crippen molar-refractivity contribution in [3.8, 4) is 0 Å². The van der Waals surface area contributed by atoms with Gasteiger partial charge in [0.05, 0.1) is 18.3 Å². The highest BCUT2D eigenvalue weighted by molar-refractivity contribution is 6.74. The summed E-state index contributed by atoms with van der Waals surface area (Å²) in [5, 5.41) is 3.45. The number of fused-ring (bicyclic) bond motifs is 3. The third-order valence-corrected chi connectivity index (χ3v) is 11.7. The molecule has 3 heterocycles. The molecule has 1 aromatic heterocycles. The molecule has 0 saturated carbocycles. The summed E-state index contributed by atoms with van der Waals surface area (Å²) in [6.07, 6.45) is -0.225. The highest BCUT2D eigenvalue weighted by Gasteiger charge is 2.42. The molecule has 0 spiro atoms. The zero-order valence-corrected chi connectivity index (χ0v) is 21.1. The Hall–Kier alpha value is -2.16. The first kappa shape index (κ1) is 23.0. The van der Waals surface area contributed by atoms with E-state index in [9.17, 15) is 9.59 Å². The topological polar surface area (TPSA) is 68.5 Å². The Morgan fingerprint density at radius 2 is 1.75 bits per heavy atom. The van der Waals surface area contributed by atoms with E-state index in [-0.39, 0.29) is 28.8 Å². The Kier molecular flexibility index (Phi) is 5.98. The summed E-state index contributed by atoms with van der Waals surface area (Å²) >= 11 is 0. The number of rotatable bonds is 4. The number of carbonyl (C=O) groups excluding carboxylic acids is 1. The van der Waals surface area contributed by atoms with Crippen LogP contribution in [0, 0.1) is 0 Å². The van der Waals surface area contributed by atoms with Crippen LogP contribution in [0.1, 0.15) is 49.4 Å². The first-order valence-corrected chi connectivity index (χ1v) is 14.5. The van der Waals surface area contributed by atoms with E-state index in [1.165, 1.54) is 0 Å². The fraction of sp³-hybridized carbons (Fsp3) is 0.583. The van der Waals surface area contributed by atoms with Crippen LogP contribution in [-0.2, 0) is 30.6 Å². The maximum absolute atomic E-state index is 13.8. The maximum atomic E-state index is 13.8. The fourth-order valence-electron chi connectivity index (χ4n) is 4.37. The molecule has 4 rings (SSSR count). The van der Waals surface area contributed by atoms with Gasteiger partial charge < -0.3 is 14.6 Å². The number of hydrogen-bond donors (Lipinski definition) is 1. The molecule has 1 amide bonds. The smallest absolute Gasteiger partial charge is 0.329 e. The van der Waals surface area contributed by atoms with Gasteiger partial charge in [-0.2, -0.15) is 0 Å². The van der Waals surface area contributed by atoms with E-state index in [0.29, 0.717) is 38.4 Å². The second-order valence-corrected chi connectivity index (χ2v) is 15.5. The molecule has 1 aromatic carbocycles. The van der Waals surface area contributed by atoms with E-state index < -0.39 is 8.32 Å². The SMILES string of the molecule is CC1Cn2c(c3n(c2=O)CC(O[Si](C)(C)C(C)(C)C)CN(Cc2ccccc2)C3=O)CN1. The van der Waals surface area contributed by atoms with Gasteiger partial charge in [-0.05, 0) is 30.6 Å². The van der Waals surface area contributed by atoms with E-state index >= 15 is 0 Å². The summed E-state index contributed by atoms with van der Waals surface area (Å²) in [4.78, 5) is 29.0. The van der Waals surface area contributed by atoms with Crippen molar-refractivity contribution >= 4 is 14.2 Å². The van der Waals surface area contributed by atoms with Crippen LogP contribution < -0.4 is 11.0 Å². The number of carbonyl (C=O) groups is 1. The number of aromatic nitrogens is 2. The molecule has 7 nitrogen and oxygen atoms in total.